The molecule has 0 aliphatic heterocycles. The van der Waals surface area contributed by atoms with E-state index in [1.54, 1.807) is 36.1 Å². The molecule has 0 aliphatic carbocycles. The number of aliphatic hydroxyl groups excluding tert-OH is 1. The second-order valence-electron chi connectivity index (χ2n) is 4.61. The van der Waals surface area contributed by atoms with E-state index in [4.69, 9.17) is 5.11 Å². The summed E-state index contributed by atoms with van der Waals surface area (Å²) in [6, 6.07) is 6.25. The molecule has 0 saturated carbocycles. The quantitative estimate of drug-likeness (QED) is 0.823. The molecular formula is C15H22N2O3. The zero-order valence-corrected chi connectivity index (χ0v) is 12.2. The molecule has 110 valence electrons. The molecule has 20 heavy (non-hydrogen) atoms. The monoisotopic (exact) mass is 278 g/mol. The molecule has 1 unspecified atom stereocenters. The zero-order chi connectivity index (χ0) is 15.1. The van der Waals surface area contributed by atoms with E-state index in [1.807, 2.05) is 13.8 Å². The molecule has 5 heteroatoms. The van der Waals surface area contributed by atoms with Gasteiger partial charge >= 0.3 is 0 Å². The summed E-state index contributed by atoms with van der Waals surface area (Å²) in [5, 5.41) is 11.6. The normalized spacial score (nSPS) is 11.8. The van der Waals surface area contributed by atoms with Crippen molar-refractivity contribution in [2.45, 2.75) is 26.8 Å². The third-order valence-corrected chi connectivity index (χ3v) is 3.10. The van der Waals surface area contributed by atoms with Crippen molar-refractivity contribution in [1.82, 2.24) is 10.2 Å². The van der Waals surface area contributed by atoms with E-state index in [-0.39, 0.29) is 24.5 Å². The minimum absolute atomic E-state index is 0.0364. The van der Waals surface area contributed by atoms with Gasteiger partial charge in [0.15, 0.2) is 0 Å². The van der Waals surface area contributed by atoms with Crippen LogP contribution in [0.15, 0.2) is 24.3 Å². The summed E-state index contributed by atoms with van der Waals surface area (Å²) in [6.07, 6.45) is 0. The molecule has 1 aromatic rings. The summed E-state index contributed by atoms with van der Waals surface area (Å²) in [6.45, 7) is 6.79. The van der Waals surface area contributed by atoms with Crippen molar-refractivity contribution < 1.29 is 14.7 Å². The number of carbonyl (C=O) groups is 2. The van der Waals surface area contributed by atoms with Gasteiger partial charge in [-0.1, -0.05) is 0 Å². The summed E-state index contributed by atoms with van der Waals surface area (Å²) in [5.41, 5.74) is 1.04. The first-order valence-corrected chi connectivity index (χ1v) is 6.84. The van der Waals surface area contributed by atoms with E-state index < -0.39 is 0 Å². The lowest BCUT2D eigenvalue weighted by Gasteiger charge is -2.18. The van der Waals surface area contributed by atoms with Gasteiger partial charge in [-0.2, -0.15) is 0 Å². The van der Waals surface area contributed by atoms with Gasteiger partial charge in [0, 0.05) is 30.3 Å². The molecule has 1 atom stereocenters. The Morgan fingerprint density at radius 2 is 1.65 bits per heavy atom. The molecule has 0 aliphatic rings. The lowest BCUT2D eigenvalue weighted by atomic mass is 10.1. The summed E-state index contributed by atoms with van der Waals surface area (Å²) >= 11 is 0. The summed E-state index contributed by atoms with van der Waals surface area (Å²) in [4.78, 5) is 25.7. The Morgan fingerprint density at radius 3 is 2.10 bits per heavy atom. The number of nitrogens with one attached hydrogen (secondary N) is 1. The van der Waals surface area contributed by atoms with Gasteiger partial charge < -0.3 is 15.3 Å². The number of carbonyl (C=O) groups excluding carboxylic acids is 2. The van der Waals surface area contributed by atoms with Gasteiger partial charge in [0.1, 0.15) is 0 Å². The van der Waals surface area contributed by atoms with Gasteiger partial charge in [-0.15, -0.1) is 0 Å². The number of rotatable bonds is 6. The first kappa shape index (κ1) is 16.2. The fourth-order valence-corrected chi connectivity index (χ4v) is 1.81. The van der Waals surface area contributed by atoms with Crippen molar-refractivity contribution in [3.05, 3.63) is 35.4 Å². The van der Waals surface area contributed by atoms with Crippen LogP contribution in [0.1, 0.15) is 41.5 Å². The van der Waals surface area contributed by atoms with E-state index in [0.717, 1.165) is 0 Å². The highest BCUT2D eigenvalue weighted by Gasteiger charge is 2.14. The number of hydrogen-bond donors (Lipinski definition) is 2. The van der Waals surface area contributed by atoms with Crippen LogP contribution in [0, 0.1) is 0 Å². The third kappa shape index (κ3) is 4.06. The Balaban J connectivity index is 2.78. The molecule has 0 bridgehead atoms. The number of benzene rings is 1. The fourth-order valence-electron chi connectivity index (χ4n) is 1.81. The number of nitrogens with zero attached hydrogens (tertiary/aromatic N) is 1. The minimum atomic E-state index is -0.292. The molecule has 1 rings (SSSR count). The van der Waals surface area contributed by atoms with Crippen molar-refractivity contribution in [2.75, 3.05) is 19.7 Å². The van der Waals surface area contributed by atoms with Crippen LogP contribution in [0.2, 0.25) is 0 Å². The average Bonchev–Trinajstić information content (AvgIpc) is 2.48. The van der Waals surface area contributed by atoms with Crippen LogP contribution in [0.3, 0.4) is 0 Å². The van der Waals surface area contributed by atoms with E-state index in [1.165, 1.54) is 0 Å². The Hall–Kier alpha value is -1.88. The zero-order valence-electron chi connectivity index (χ0n) is 12.2. The minimum Gasteiger partial charge on any atom is -0.394 e. The SMILES string of the molecule is CCN(CC)C(=O)c1ccc(C(=O)NC(C)CO)cc1. The maximum absolute atomic E-state index is 12.1. The molecule has 2 N–H and O–H groups in total. The van der Waals surface area contributed by atoms with Gasteiger partial charge in [-0.05, 0) is 45.0 Å². The highest BCUT2D eigenvalue weighted by Crippen LogP contribution is 2.08. The largest absolute Gasteiger partial charge is 0.394 e. The molecule has 0 fully saturated rings. The lowest BCUT2D eigenvalue weighted by Crippen LogP contribution is -2.35. The molecule has 0 saturated heterocycles. The maximum atomic E-state index is 12.1. The molecule has 0 heterocycles. The van der Waals surface area contributed by atoms with E-state index >= 15 is 0 Å². The van der Waals surface area contributed by atoms with Crippen LogP contribution >= 0.6 is 0 Å². The van der Waals surface area contributed by atoms with Crippen LogP contribution in [-0.2, 0) is 0 Å². The lowest BCUT2D eigenvalue weighted by molar-refractivity contribution is 0.0772. The summed E-state index contributed by atoms with van der Waals surface area (Å²) < 4.78 is 0. The number of hydrogen-bond acceptors (Lipinski definition) is 3. The van der Waals surface area contributed by atoms with Crippen LogP contribution < -0.4 is 5.32 Å². The summed E-state index contributed by atoms with van der Waals surface area (Å²) in [7, 11) is 0. The third-order valence-electron chi connectivity index (χ3n) is 3.10. The van der Waals surface area contributed by atoms with Crippen molar-refractivity contribution >= 4 is 11.8 Å². The molecule has 1 aromatic carbocycles. The predicted octanol–water partition coefficient (Wildman–Crippen LogP) is 1.28. The molecule has 0 aromatic heterocycles. The Labute approximate surface area is 119 Å². The molecule has 5 nitrogen and oxygen atoms in total. The molecule has 0 spiro atoms. The predicted molar refractivity (Wildman–Crippen MR) is 77.7 cm³/mol. The van der Waals surface area contributed by atoms with Gasteiger partial charge in [0.2, 0.25) is 0 Å². The molecular weight excluding hydrogens is 256 g/mol. The van der Waals surface area contributed by atoms with Crippen LogP contribution in [0.4, 0.5) is 0 Å². The van der Waals surface area contributed by atoms with Crippen LogP contribution in [-0.4, -0.2) is 47.6 Å². The second-order valence-corrected chi connectivity index (χ2v) is 4.61. The van der Waals surface area contributed by atoms with Crippen LogP contribution in [0.5, 0.6) is 0 Å². The van der Waals surface area contributed by atoms with Gasteiger partial charge in [0.05, 0.1) is 6.61 Å². The second kappa shape index (κ2) is 7.65. The van der Waals surface area contributed by atoms with Crippen LogP contribution in [0.25, 0.3) is 0 Å². The van der Waals surface area contributed by atoms with E-state index in [0.29, 0.717) is 24.2 Å². The molecule has 2 amide bonds. The Bertz CT molecular complexity index is 453. The fraction of sp³-hybridized carbons (Fsp3) is 0.467. The summed E-state index contributed by atoms with van der Waals surface area (Å²) in [5.74, 6) is -0.293. The first-order chi connectivity index (χ1) is 9.53. The maximum Gasteiger partial charge on any atom is 0.253 e. The molecule has 0 radical (unpaired) electrons. The Morgan fingerprint density at radius 1 is 1.15 bits per heavy atom. The van der Waals surface area contributed by atoms with Gasteiger partial charge in [-0.3, -0.25) is 9.59 Å². The first-order valence-electron chi connectivity index (χ1n) is 6.84. The Kier molecular flexibility index (Phi) is 6.18. The van der Waals surface area contributed by atoms with E-state index in [2.05, 4.69) is 5.32 Å². The van der Waals surface area contributed by atoms with Gasteiger partial charge in [-0.25, -0.2) is 0 Å². The van der Waals surface area contributed by atoms with Crippen molar-refractivity contribution in [3.63, 3.8) is 0 Å². The standard InChI is InChI=1S/C15H22N2O3/c1-4-17(5-2)15(20)13-8-6-12(7-9-13)14(19)16-11(3)10-18/h6-9,11,18H,4-5,10H2,1-3H3,(H,16,19). The van der Waals surface area contributed by atoms with Gasteiger partial charge in [0.25, 0.3) is 11.8 Å². The highest BCUT2D eigenvalue weighted by molar-refractivity contribution is 5.97. The number of aliphatic hydroxyl groups is 1. The topological polar surface area (TPSA) is 69.6 Å². The van der Waals surface area contributed by atoms with Crippen molar-refractivity contribution in [1.29, 1.82) is 0 Å². The van der Waals surface area contributed by atoms with E-state index in [9.17, 15) is 9.59 Å². The highest BCUT2D eigenvalue weighted by atomic mass is 16.3. The van der Waals surface area contributed by atoms with Crippen molar-refractivity contribution in [3.8, 4) is 0 Å². The van der Waals surface area contributed by atoms with Crippen molar-refractivity contribution in [2.24, 2.45) is 0 Å². The average molecular weight is 278 g/mol. The smallest absolute Gasteiger partial charge is 0.253 e. The number of amides is 2.